The molecule has 0 spiro atoms. The summed E-state index contributed by atoms with van der Waals surface area (Å²) in [7, 11) is 0. The van der Waals surface area contributed by atoms with Crippen LogP contribution in [0.4, 0.5) is 0 Å². The van der Waals surface area contributed by atoms with Crippen molar-refractivity contribution in [2.45, 2.75) is 46.1 Å². The maximum absolute atomic E-state index is 12.0. The molecule has 0 aliphatic carbocycles. The van der Waals surface area contributed by atoms with Gasteiger partial charge in [-0.2, -0.15) is 0 Å². The molecule has 19 heavy (non-hydrogen) atoms. The molecule has 1 atom stereocenters. The van der Waals surface area contributed by atoms with Crippen molar-refractivity contribution in [3.8, 4) is 0 Å². The van der Waals surface area contributed by atoms with Crippen LogP contribution in [0.2, 0.25) is 0 Å². The quantitative estimate of drug-likeness (QED) is 0.687. The van der Waals surface area contributed by atoms with Crippen LogP contribution < -0.4 is 0 Å². The van der Waals surface area contributed by atoms with Gasteiger partial charge in [-0.25, -0.2) is 4.79 Å². The van der Waals surface area contributed by atoms with Crippen LogP contribution in [0.25, 0.3) is 0 Å². The number of esters is 2. The Bertz CT molecular complexity index is 377. The van der Waals surface area contributed by atoms with E-state index in [2.05, 4.69) is 5.16 Å². The number of carbonyl (C=O) groups is 2. The summed E-state index contributed by atoms with van der Waals surface area (Å²) in [5, 5.41) is 3.91. The van der Waals surface area contributed by atoms with Crippen molar-refractivity contribution < 1.29 is 23.9 Å². The van der Waals surface area contributed by atoms with Crippen LogP contribution in [0.5, 0.6) is 0 Å². The molecule has 1 rings (SSSR count). The molecular formula is C13H21NO5. The van der Waals surface area contributed by atoms with Gasteiger partial charge in [-0.1, -0.05) is 19.0 Å². The van der Waals surface area contributed by atoms with Gasteiger partial charge in [0, 0.05) is 6.42 Å². The molecule has 0 aromatic carbocycles. The predicted molar refractivity (Wildman–Crippen MR) is 68.6 cm³/mol. The second-order valence-electron chi connectivity index (χ2n) is 4.70. The standard InChI is InChI=1S/C13H21NO5/c1-5-17-11(15)8-13(12(16)18-6-2)7-10(9(3)4)14-19-13/h9H,5-8H2,1-4H3. The van der Waals surface area contributed by atoms with Crippen LogP contribution in [0.15, 0.2) is 5.16 Å². The van der Waals surface area contributed by atoms with Crippen molar-refractivity contribution >= 4 is 17.7 Å². The normalized spacial score (nSPS) is 21.8. The molecule has 0 saturated heterocycles. The molecule has 1 unspecified atom stereocenters. The molecule has 108 valence electrons. The predicted octanol–water partition coefficient (Wildman–Crippen LogP) is 1.67. The Morgan fingerprint density at radius 1 is 1.32 bits per heavy atom. The number of rotatable bonds is 6. The van der Waals surface area contributed by atoms with Crippen LogP contribution in [-0.4, -0.2) is 36.5 Å². The van der Waals surface area contributed by atoms with Crippen molar-refractivity contribution in [3.05, 3.63) is 0 Å². The summed E-state index contributed by atoms with van der Waals surface area (Å²) in [6.07, 6.45) is 0.0850. The molecule has 0 fully saturated rings. The lowest BCUT2D eigenvalue weighted by Gasteiger charge is -2.23. The summed E-state index contributed by atoms with van der Waals surface area (Å²) in [5.74, 6) is -0.906. The average molecular weight is 271 g/mol. The van der Waals surface area contributed by atoms with Gasteiger partial charge in [-0.15, -0.1) is 0 Å². The van der Waals surface area contributed by atoms with E-state index in [0.29, 0.717) is 0 Å². The van der Waals surface area contributed by atoms with Crippen LogP contribution in [0, 0.1) is 5.92 Å². The monoisotopic (exact) mass is 271 g/mol. The van der Waals surface area contributed by atoms with E-state index in [0.717, 1.165) is 5.71 Å². The third kappa shape index (κ3) is 3.68. The maximum atomic E-state index is 12.0. The van der Waals surface area contributed by atoms with Crippen molar-refractivity contribution in [3.63, 3.8) is 0 Å². The Morgan fingerprint density at radius 3 is 2.42 bits per heavy atom. The SMILES string of the molecule is CCOC(=O)CC1(C(=O)OCC)CC(C(C)C)=NO1. The highest BCUT2D eigenvalue weighted by Crippen LogP contribution is 2.32. The van der Waals surface area contributed by atoms with Crippen molar-refractivity contribution in [2.24, 2.45) is 11.1 Å². The van der Waals surface area contributed by atoms with Crippen LogP contribution in [0.3, 0.4) is 0 Å². The lowest BCUT2D eigenvalue weighted by molar-refractivity contribution is -0.176. The molecule has 0 bridgehead atoms. The summed E-state index contributed by atoms with van der Waals surface area (Å²) >= 11 is 0. The third-order valence-electron chi connectivity index (χ3n) is 2.85. The Balaban J connectivity index is 2.82. The number of hydrogen-bond acceptors (Lipinski definition) is 6. The zero-order chi connectivity index (χ0) is 14.5. The topological polar surface area (TPSA) is 74.2 Å². The first kappa shape index (κ1) is 15.5. The van der Waals surface area contributed by atoms with E-state index in [1.54, 1.807) is 13.8 Å². The van der Waals surface area contributed by atoms with Gasteiger partial charge in [-0.3, -0.25) is 4.79 Å². The van der Waals surface area contributed by atoms with Gasteiger partial charge in [0.25, 0.3) is 0 Å². The summed E-state index contributed by atoms with van der Waals surface area (Å²) in [4.78, 5) is 28.9. The highest BCUT2D eigenvalue weighted by Gasteiger charge is 2.50. The fourth-order valence-electron chi connectivity index (χ4n) is 1.80. The molecule has 0 aromatic heterocycles. The van der Waals surface area contributed by atoms with Gasteiger partial charge in [0.1, 0.15) is 0 Å². The Hall–Kier alpha value is -1.59. The molecule has 0 N–H and O–H groups in total. The Kier molecular flexibility index (Phi) is 5.32. The zero-order valence-corrected chi connectivity index (χ0v) is 11.9. The van der Waals surface area contributed by atoms with E-state index in [4.69, 9.17) is 14.3 Å². The van der Waals surface area contributed by atoms with Crippen molar-refractivity contribution in [1.29, 1.82) is 0 Å². The molecule has 0 amide bonds. The third-order valence-corrected chi connectivity index (χ3v) is 2.85. The lowest BCUT2D eigenvalue weighted by atomic mass is 9.90. The Labute approximate surface area is 113 Å². The second kappa shape index (κ2) is 6.54. The van der Waals surface area contributed by atoms with Gasteiger partial charge in [0.05, 0.1) is 25.3 Å². The number of carbonyl (C=O) groups excluding carboxylic acids is 2. The minimum atomic E-state index is -1.36. The number of nitrogens with zero attached hydrogens (tertiary/aromatic N) is 1. The highest BCUT2D eigenvalue weighted by molar-refractivity contribution is 5.96. The van der Waals surface area contributed by atoms with Crippen LogP contribution in [-0.2, 0) is 23.9 Å². The first-order valence-electron chi connectivity index (χ1n) is 6.53. The molecule has 6 heteroatoms. The fourth-order valence-corrected chi connectivity index (χ4v) is 1.80. The summed E-state index contributed by atoms with van der Waals surface area (Å²) in [5.41, 5.74) is -0.612. The number of oxime groups is 1. The Morgan fingerprint density at radius 2 is 1.95 bits per heavy atom. The molecular weight excluding hydrogens is 250 g/mol. The van der Waals surface area contributed by atoms with E-state index < -0.39 is 17.5 Å². The summed E-state index contributed by atoms with van der Waals surface area (Å²) in [6, 6.07) is 0. The van der Waals surface area contributed by atoms with E-state index in [9.17, 15) is 9.59 Å². The number of hydrogen-bond donors (Lipinski definition) is 0. The van der Waals surface area contributed by atoms with Crippen LogP contribution >= 0.6 is 0 Å². The molecule has 0 radical (unpaired) electrons. The molecule has 1 aliphatic rings. The first-order chi connectivity index (χ1) is 8.95. The van der Waals surface area contributed by atoms with Crippen LogP contribution in [0.1, 0.15) is 40.5 Å². The van der Waals surface area contributed by atoms with Crippen molar-refractivity contribution in [1.82, 2.24) is 0 Å². The van der Waals surface area contributed by atoms with Crippen molar-refractivity contribution in [2.75, 3.05) is 13.2 Å². The lowest BCUT2D eigenvalue weighted by Crippen LogP contribution is -2.43. The fraction of sp³-hybridized carbons (Fsp3) is 0.769. The molecule has 0 aromatic rings. The largest absolute Gasteiger partial charge is 0.466 e. The maximum Gasteiger partial charge on any atom is 0.354 e. The number of ether oxygens (including phenoxy) is 2. The highest BCUT2D eigenvalue weighted by atomic mass is 16.7. The van der Waals surface area contributed by atoms with E-state index in [1.165, 1.54) is 0 Å². The molecule has 1 heterocycles. The minimum Gasteiger partial charge on any atom is -0.466 e. The van der Waals surface area contributed by atoms with Gasteiger partial charge in [0.15, 0.2) is 0 Å². The minimum absolute atomic E-state index is 0.151. The van der Waals surface area contributed by atoms with Gasteiger partial charge in [0.2, 0.25) is 5.60 Å². The summed E-state index contributed by atoms with van der Waals surface area (Å²) in [6.45, 7) is 7.80. The van der Waals surface area contributed by atoms with E-state index in [-0.39, 0.29) is 32.0 Å². The molecule has 0 saturated carbocycles. The molecule has 1 aliphatic heterocycles. The van der Waals surface area contributed by atoms with E-state index in [1.807, 2.05) is 13.8 Å². The zero-order valence-electron chi connectivity index (χ0n) is 11.9. The van der Waals surface area contributed by atoms with Gasteiger partial charge >= 0.3 is 11.9 Å². The first-order valence-corrected chi connectivity index (χ1v) is 6.53. The molecule has 6 nitrogen and oxygen atoms in total. The van der Waals surface area contributed by atoms with E-state index >= 15 is 0 Å². The second-order valence-corrected chi connectivity index (χ2v) is 4.70. The smallest absolute Gasteiger partial charge is 0.354 e. The van der Waals surface area contributed by atoms with Gasteiger partial charge < -0.3 is 14.3 Å². The average Bonchev–Trinajstić information content (AvgIpc) is 2.75. The van der Waals surface area contributed by atoms with Gasteiger partial charge in [-0.05, 0) is 19.8 Å². The summed E-state index contributed by atoms with van der Waals surface area (Å²) < 4.78 is 9.87.